The fourth-order valence-corrected chi connectivity index (χ4v) is 3.97. The maximum Gasteiger partial charge on any atom is 0.251 e. The number of amides is 1. The Morgan fingerprint density at radius 2 is 2.00 bits per heavy atom. The smallest absolute Gasteiger partial charge is 0.251 e. The maximum absolute atomic E-state index is 11.7. The lowest BCUT2D eigenvalue weighted by atomic mass is 9.91. The van der Waals surface area contributed by atoms with Crippen LogP contribution in [0.1, 0.15) is 41.6 Å². The van der Waals surface area contributed by atoms with Gasteiger partial charge in [0.2, 0.25) is 5.95 Å². The number of carbonyl (C=O) groups is 1. The number of nitrogens with zero attached hydrogens (tertiary/aromatic N) is 2. The van der Waals surface area contributed by atoms with Gasteiger partial charge in [-0.1, -0.05) is 6.07 Å². The monoisotopic (exact) mass is 381 g/mol. The molecule has 0 spiro atoms. The summed E-state index contributed by atoms with van der Waals surface area (Å²) >= 11 is 0. The standard InChI is InChI=1S/C21H27N5O2/c1-28-11-10-22-16-3-5-17(6-4-16)25-21-23-9-8-19(26-21)14-2-7-18-15(12-14)13-24-20(18)27/h2,7-9,12,16-17,22H,3-6,10-11,13H2,1H3,(H,24,27)(H,23,25,26)/t16-,17-. The highest BCUT2D eigenvalue weighted by molar-refractivity contribution is 5.98. The number of carbonyl (C=O) groups excluding carboxylic acids is 1. The van der Waals surface area contributed by atoms with E-state index < -0.39 is 0 Å². The highest BCUT2D eigenvalue weighted by atomic mass is 16.5. The van der Waals surface area contributed by atoms with E-state index >= 15 is 0 Å². The van der Waals surface area contributed by atoms with E-state index in [4.69, 9.17) is 9.72 Å². The predicted octanol–water partition coefficient (Wildman–Crippen LogP) is 2.35. The number of nitrogens with one attached hydrogen (secondary N) is 3. The topological polar surface area (TPSA) is 88.2 Å². The molecule has 7 heteroatoms. The first kappa shape index (κ1) is 18.8. The highest BCUT2D eigenvalue weighted by Gasteiger charge is 2.22. The molecule has 0 bridgehead atoms. The Morgan fingerprint density at radius 3 is 2.82 bits per heavy atom. The summed E-state index contributed by atoms with van der Waals surface area (Å²) < 4.78 is 5.10. The molecule has 28 heavy (non-hydrogen) atoms. The molecular formula is C21H27N5O2. The Balaban J connectivity index is 1.37. The molecule has 148 valence electrons. The van der Waals surface area contributed by atoms with Gasteiger partial charge in [-0.2, -0.15) is 0 Å². The van der Waals surface area contributed by atoms with Crippen molar-refractivity contribution < 1.29 is 9.53 Å². The maximum atomic E-state index is 11.7. The van der Waals surface area contributed by atoms with Gasteiger partial charge in [-0.15, -0.1) is 0 Å². The highest BCUT2D eigenvalue weighted by Crippen LogP contribution is 2.25. The zero-order valence-corrected chi connectivity index (χ0v) is 16.2. The summed E-state index contributed by atoms with van der Waals surface area (Å²) in [6, 6.07) is 8.75. The van der Waals surface area contributed by atoms with E-state index in [2.05, 4.69) is 20.9 Å². The number of hydrogen-bond donors (Lipinski definition) is 3. The Bertz CT molecular complexity index is 833. The van der Waals surface area contributed by atoms with E-state index in [1.54, 1.807) is 13.3 Å². The summed E-state index contributed by atoms with van der Waals surface area (Å²) in [5.41, 5.74) is 3.66. The summed E-state index contributed by atoms with van der Waals surface area (Å²) in [6.45, 7) is 2.25. The van der Waals surface area contributed by atoms with Crippen molar-refractivity contribution in [2.24, 2.45) is 0 Å². The third-order valence-electron chi connectivity index (χ3n) is 5.54. The molecule has 1 aliphatic heterocycles. The Labute approximate surface area is 165 Å². The second kappa shape index (κ2) is 8.67. The van der Waals surface area contributed by atoms with Crippen molar-refractivity contribution in [1.29, 1.82) is 0 Å². The summed E-state index contributed by atoms with van der Waals surface area (Å²) in [7, 11) is 1.73. The van der Waals surface area contributed by atoms with Gasteiger partial charge < -0.3 is 20.7 Å². The van der Waals surface area contributed by atoms with Crippen LogP contribution in [-0.2, 0) is 11.3 Å². The van der Waals surface area contributed by atoms with Gasteiger partial charge in [0.05, 0.1) is 12.3 Å². The number of anilines is 1. The molecule has 1 saturated carbocycles. The fraction of sp³-hybridized carbons (Fsp3) is 0.476. The molecule has 7 nitrogen and oxygen atoms in total. The number of benzene rings is 1. The molecule has 0 unspecified atom stereocenters. The van der Waals surface area contributed by atoms with Crippen molar-refractivity contribution >= 4 is 11.9 Å². The number of methoxy groups -OCH3 is 1. The third kappa shape index (κ3) is 4.31. The summed E-state index contributed by atoms with van der Waals surface area (Å²) in [5, 5.41) is 9.90. The molecule has 1 aromatic carbocycles. The van der Waals surface area contributed by atoms with Crippen LogP contribution in [0.15, 0.2) is 30.5 Å². The SMILES string of the molecule is COCCN[C@H]1CC[C@H](Nc2nccc(-c3ccc4c(c3)CNC4=O)n2)CC1. The number of rotatable bonds is 7. The van der Waals surface area contributed by atoms with E-state index in [-0.39, 0.29) is 5.91 Å². The van der Waals surface area contributed by atoms with Gasteiger partial charge in [-0.05, 0) is 49.4 Å². The molecular weight excluding hydrogens is 354 g/mol. The molecule has 2 heterocycles. The minimum Gasteiger partial charge on any atom is -0.383 e. The number of hydrogen-bond acceptors (Lipinski definition) is 6. The van der Waals surface area contributed by atoms with Gasteiger partial charge in [0, 0.05) is 49.6 Å². The second-order valence-electron chi connectivity index (χ2n) is 7.46. The molecule has 0 saturated heterocycles. The van der Waals surface area contributed by atoms with E-state index in [0.717, 1.165) is 61.2 Å². The molecule has 2 aromatic rings. The van der Waals surface area contributed by atoms with Crippen molar-refractivity contribution in [2.45, 2.75) is 44.3 Å². The van der Waals surface area contributed by atoms with Crippen LogP contribution in [0.5, 0.6) is 0 Å². The van der Waals surface area contributed by atoms with E-state index in [9.17, 15) is 4.79 Å². The van der Waals surface area contributed by atoms with E-state index in [1.165, 1.54) is 0 Å². The van der Waals surface area contributed by atoms with Crippen LogP contribution in [-0.4, -0.2) is 48.2 Å². The molecule has 0 atom stereocenters. The van der Waals surface area contributed by atoms with Gasteiger partial charge in [0.25, 0.3) is 5.91 Å². The first-order valence-electron chi connectivity index (χ1n) is 9.96. The molecule has 1 amide bonds. The van der Waals surface area contributed by atoms with Crippen molar-refractivity contribution in [1.82, 2.24) is 20.6 Å². The molecule has 3 N–H and O–H groups in total. The Hall–Kier alpha value is -2.51. The van der Waals surface area contributed by atoms with Crippen LogP contribution in [0.2, 0.25) is 0 Å². The van der Waals surface area contributed by atoms with E-state index in [1.807, 2.05) is 24.3 Å². The summed E-state index contributed by atoms with van der Waals surface area (Å²) in [4.78, 5) is 20.8. The van der Waals surface area contributed by atoms with Gasteiger partial charge >= 0.3 is 0 Å². The first-order chi connectivity index (χ1) is 13.7. The summed E-state index contributed by atoms with van der Waals surface area (Å²) in [6.07, 6.45) is 6.29. The third-order valence-corrected chi connectivity index (χ3v) is 5.54. The van der Waals surface area contributed by atoms with Crippen LogP contribution >= 0.6 is 0 Å². The lowest BCUT2D eigenvalue weighted by Gasteiger charge is -2.29. The lowest BCUT2D eigenvalue weighted by Crippen LogP contribution is -2.38. The van der Waals surface area contributed by atoms with Crippen LogP contribution < -0.4 is 16.0 Å². The van der Waals surface area contributed by atoms with Crippen molar-refractivity contribution in [3.05, 3.63) is 41.6 Å². The zero-order valence-electron chi connectivity index (χ0n) is 16.2. The van der Waals surface area contributed by atoms with Gasteiger partial charge in [-0.25, -0.2) is 9.97 Å². The average molecular weight is 381 g/mol. The van der Waals surface area contributed by atoms with Crippen LogP contribution in [0.4, 0.5) is 5.95 Å². The van der Waals surface area contributed by atoms with Crippen LogP contribution in [0.25, 0.3) is 11.3 Å². The number of aromatic nitrogens is 2. The Morgan fingerprint density at radius 1 is 1.18 bits per heavy atom. The van der Waals surface area contributed by atoms with Gasteiger partial charge in [-0.3, -0.25) is 4.79 Å². The molecule has 2 aliphatic rings. The van der Waals surface area contributed by atoms with Crippen molar-refractivity contribution in [2.75, 3.05) is 25.6 Å². The van der Waals surface area contributed by atoms with E-state index in [0.29, 0.717) is 24.6 Å². The molecule has 1 aliphatic carbocycles. The minimum absolute atomic E-state index is 0.00101. The van der Waals surface area contributed by atoms with Crippen molar-refractivity contribution in [3.63, 3.8) is 0 Å². The predicted molar refractivity (Wildman–Crippen MR) is 108 cm³/mol. The van der Waals surface area contributed by atoms with Gasteiger partial charge in [0.15, 0.2) is 0 Å². The first-order valence-corrected chi connectivity index (χ1v) is 9.96. The summed E-state index contributed by atoms with van der Waals surface area (Å²) in [5.74, 6) is 0.668. The number of ether oxygens (including phenoxy) is 1. The molecule has 4 rings (SSSR count). The number of fused-ring (bicyclic) bond motifs is 1. The lowest BCUT2D eigenvalue weighted by molar-refractivity contribution is 0.0966. The van der Waals surface area contributed by atoms with Crippen LogP contribution in [0, 0.1) is 0 Å². The van der Waals surface area contributed by atoms with Crippen LogP contribution in [0.3, 0.4) is 0 Å². The van der Waals surface area contributed by atoms with Gasteiger partial charge in [0.1, 0.15) is 0 Å². The minimum atomic E-state index is -0.00101. The quantitative estimate of drug-likeness (QED) is 0.638. The van der Waals surface area contributed by atoms with Crippen molar-refractivity contribution in [3.8, 4) is 11.3 Å². The average Bonchev–Trinajstić information content (AvgIpc) is 3.10. The normalized spacial score (nSPS) is 21.2. The molecule has 1 fully saturated rings. The molecule has 0 radical (unpaired) electrons. The Kier molecular flexibility index (Phi) is 5.83. The molecule has 1 aromatic heterocycles. The largest absolute Gasteiger partial charge is 0.383 e. The second-order valence-corrected chi connectivity index (χ2v) is 7.46. The fourth-order valence-electron chi connectivity index (χ4n) is 3.97. The zero-order chi connectivity index (χ0) is 19.3.